The number of rotatable bonds is 5. The topological polar surface area (TPSA) is 71.8 Å². The zero-order valence-corrected chi connectivity index (χ0v) is 15.5. The van der Waals surface area contributed by atoms with Crippen LogP contribution in [-0.4, -0.2) is 43.7 Å². The summed E-state index contributed by atoms with van der Waals surface area (Å²) in [7, 11) is 0. The second kappa shape index (κ2) is 8.37. The van der Waals surface area contributed by atoms with Crippen molar-refractivity contribution in [1.82, 2.24) is 10.2 Å². The minimum absolute atomic E-state index is 0.0255. The quantitative estimate of drug-likeness (QED) is 0.739. The van der Waals surface area contributed by atoms with Gasteiger partial charge in [-0.05, 0) is 17.7 Å². The molecule has 1 aliphatic rings. The van der Waals surface area contributed by atoms with Crippen molar-refractivity contribution in [3.8, 4) is 0 Å². The predicted molar refractivity (Wildman–Crippen MR) is 106 cm³/mol. The van der Waals surface area contributed by atoms with E-state index in [-0.39, 0.29) is 17.2 Å². The van der Waals surface area contributed by atoms with Gasteiger partial charge in [-0.2, -0.15) is 0 Å². The zero-order chi connectivity index (χ0) is 19.3. The van der Waals surface area contributed by atoms with Crippen LogP contribution in [-0.2, 0) is 4.74 Å². The number of nitrogens with zero attached hydrogens (tertiary/aromatic N) is 1. The normalized spacial score (nSPS) is 16.0. The summed E-state index contributed by atoms with van der Waals surface area (Å²) in [6, 6.07) is 18.3. The van der Waals surface area contributed by atoms with Crippen molar-refractivity contribution in [2.75, 3.05) is 32.8 Å². The van der Waals surface area contributed by atoms with Crippen LogP contribution in [0.3, 0.4) is 0 Å². The van der Waals surface area contributed by atoms with Crippen LogP contribution in [0.2, 0.25) is 0 Å². The number of nitrogens with one attached hydrogen (secondary N) is 1. The van der Waals surface area contributed by atoms with Crippen LogP contribution in [0, 0.1) is 0 Å². The molecular weight excluding hydrogens is 356 g/mol. The lowest BCUT2D eigenvalue weighted by Crippen LogP contribution is -2.43. The van der Waals surface area contributed by atoms with Crippen LogP contribution in [0.4, 0.5) is 0 Å². The monoisotopic (exact) mass is 378 g/mol. The van der Waals surface area contributed by atoms with E-state index in [0.717, 1.165) is 18.7 Å². The SMILES string of the molecule is O=C(NCC(c1ccccc1)N1CCOCC1)c1cc(=O)c2ccccc2o1. The number of hydrogen-bond donors (Lipinski definition) is 1. The number of carbonyl (C=O) groups excluding carboxylic acids is 1. The van der Waals surface area contributed by atoms with E-state index in [2.05, 4.69) is 22.3 Å². The van der Waals surface area contributed by atoms with E-state index in [1.165, 1.54) is 6.07 Å². The Kier molecular flexibility index (Phi) is 5.50. The van der Waals surface area contributed by atoms with E-state index in [1.54, 1.807) is 24.3 Å². The van der Waals surface area contributed by atoms with E-state index >= 15 is 0 Å². The molecule has 1 amide bonds. The molecule has 1 N–H and O–H groups in total. The summed E-state index contributed by atoms with van der Waals surface area (Å²) in [6.45, 7) is 3.38. The number of amides is 1. The molecule has 1 unspecified atom stereocenters. The molecule has 6 heteroatoms. The van der Waals surface area contributed by atoms with Gasteiger partial charge in [-0.25, -0.2) is 0 Å². The molecule has 2 heterocycles. The molecule has 1 aromatic heterocycles. The second-order valence-corrected chi connectivity index (χ2v) is 6.76. The first-order chi connectivity index (χ1) is 13.7. The Morgan fingerprint density at radius 2 is 1.75 bits per heavy atom. The van der Waals surface area contributed by atoms with Crippen LogP contribution in [0.5, 0.6) is 0 Å². The van der Waals surface area contributed by atoms with Gasteiger partial charge in [0.2, 0.25) is 0 Å². The predicted octanol–water partition coefficient (Wildman–Crippen LogP) is 2.60. The minimum Gasteiger partial charge on any atom is -0.451 e. The fourth-order valence-electron chi connectivity index (χ4n) is 3.51. The maximum Gasteiger partial charge on any atom is 0.287 e. The number of benzene rings is 2. The highest BCUT2D eigenvalue weighted by atomic mass is 16.5. The Morgan fingerprint density at radius 3 is 2.54 bits per heavy atom. The fourth-order valence-corrected chi connectivity index (χ4v) is 3.51. The molecule has 1 fully saturated rings. The van der Waals surface area contributed by atoms with Gasteiger partial charge in [-0.1, -0.05) is 42.5 Å². The van der Waals surface area contributed by atoms with Crippen LogP contribution in [0.15, 0.2) is 69.9 Å². The number of hydrogen-bond acceptors (Lipinski definition) is 5. The van der Waals surface area contributed by atoms with Crippen LogP contribution in [0.1, 0.15) is 22.2 Å². The van der Waals surface area contributed by atoms with Crippen molar-refractivity contribution in [1.29, 1.82) is 0 Å². The molecular formula is C22H22N2O4. The smallest absolute Gasteiger partial charge is 0.287 e. The van der Waals surface area contributed by atoms with Gasteiger partial charge < -0.3 is 14.5 Å². The summed E-state index contributed by atoms with van der Waals surface area (Å²) < 4.78 is 11.1. The summed E-state index contributed by atoms with van der Waals surface area (Å²) in [5.41, 5.74) is 1.32. The van der Waals surface area contributed by atoms with Gasteiger partial charge >= 0.3 is 0 Å². The first-order valence-electron chi connectivity index (χ1n) is 9.40. The van der Waals surface area contributed by atoms with Crippen molar-refractivity contribution >= 4 is 16.9 Å². The van der Waals surface area contributed by atoms with Crippen LogP contribution >= 0.6 is 0 Å². The van der Waals surface area contributed by atoms with Gasteiger partial charge in [-0.15, -0.1) is 0 Å². The lowest BCUT2D eigenvalue weighted by atomic mass is 10.0. The average Bonchev–Trinajstić information content (AvgIpc) is 2.75. The molecule has 0 bridgehead atoms. The fraction of sp³-hybridized carbons (Fsp3) is 0.273. The molecule has 4 rings (SSSR count). The molecule has 1 aliphatic heterocycles. The van der Waals surface area contributed by atoms with E-state index in [4.69, 9.17) is 9.15 Å². The molecule has 0 spiro atoms. The van der Waals surface area contributed by atoms with Crippen molar-refractivity contribution in [3.63, 3.8) is 0 Å². The lowest BCUT2D eigenvalue weighted by Gasteiger charge is -2.34. The molecule has 144 valence electrons. The number of ether oxygens (including phenoxy) is 1. The number of carbonyl (C=O) groups is 1. The van der Waals surface area contributed by atoms with Crippen LogP contribution in [0.25, 0.3) is 11.0 Å². The Balaban J connectivity index is 1.53. The molecule has 28 heavy (non-hydrogen) atoms. The third kappa shape index (κ3) is 3.98. The number of morpholine rings is 1. The first kappa shape index (κ1) is 18.4. The van der Waals surface area contributed by atoms with E-state index in [0.29, 0.717) is 30.7 Å². The van der Waals surface area contributed by atoms with Crippen molar-refractivity contribution in [2.45, 2.75) is 6.04 Å². The van der Waals surface area contributed by atoms with E-state index in [1.807, 2.05) is 18.2 Å². The molecule has 6 nitrogen and oxygen atoms in total. The van der Waals surface area contributed by atoms with Gasteiger partial charge in [0.15, 0.2) is 11.2 Å². The third-order valence-corrected chi connectivity index (χ3v) is 4.99. The van der Waals surface area contributed by atoms with Gasteiger partial charge in [0.25, 0.3) is 5.91 Å². The molecule has 1 saturated heterocycles. The van der Waals surface area contributed by atoms with E-state index < -0.39 is 5.91 Å². The highest BCUT2D eigenvalue weighted by molar-refractivity contribution is 5.93. The Bertz CT molecular complexity index is 1010. The lowest BCUT2D eigenvalue weighted by molar-refractivity contribution is 0.0161. The van der Waals surface area contributed by atoms with Gasteiger partial charge in [-0.3, -0.25) is 14.5 Å². The summed E-state index contributed by atoms with van der Waals surface area (Å²) in [4.78, 5) is 27.2. The standard InChI is InChI=1S/C22H22N2O4/c25-19-14-21(28-20-9-5-4-8-17(19)20)22(26)23-15-18(16-6-2-1-3-7-16)24-10-12-27-13-11-24/h1-9,14,18H,10-13,15H2,(H,23,26). The Labute approximate surface area is 162 Å². The molecule has 0 saturated carbocycles. The maximum absolute atomic E-state index is 12.7. The Morgan fingerprint density at radius 1 is 1.04 bits per heavy atom. The summed E-state index contributed by atoms with van der Waals surface area (Å²) in [5.74, 6) is -0.366. The summed E-state index contributed by atoms with van der Waals surface area (Å²) in [5, 5.41) is 3.40. The summed E-state index contributed by atoms with van der Waals surface area (Å²) in [6.07, 6.45) is 0. The zero-order valence-electron chi connectivity index (χ0n) is 15.5. The largest absolute Gasteiger partial charge is 0.451 e. The number of fused-ring (bicyclic) bond motifs is 1. The highest BCUT2D eigenvalue weighted by Gasteiger charge is 2.23. The minimum atomic E-state index is -0.392. The van der Waals surface area contributed by atoms with Gasteiger partial charge in [0, 0.05) is 25.7 Å². The number of para-hydroxylation sites is 1. The van der Waals surface area contributed by atoms with Gasteiger partial charge in [0.05, 0.1) is 24.6 Å². The third-order valence-electron chi connectivity index (χ3n) is 4.99. The average molecular weight is 378 g/mol. The molecule has 3 aromatic rings. The maximum atomic E-state index is 12.7. The van der Waals surface area contributed by atoms with Crippen molar-refractivity contribution in [3.05, 3.63) is 82.2 Å². The van der Waals surface area contributed by atoms with E-state index in [9.17, 15) is 9.59 Å². The molecule has 2 aromatic carbocycles. The first-order valence-corrected chi connectivity index (χ1v) is 9.40. The summed E-state index contributed by atoms with van der Waals surface area (Å²) >= 11 is 0. The molecule has 0 aliphatic carbocycles. The van der Waals surface area contributed by atoms with Crippen molar-refractivity contribution < 1.29 is 13.9 Å². The van der Waals surface area contributed by atoms with Crippen LogP contribution < -0.4 is 10.7 Å². The Hall–Kier alpha value is -2.96. The highest BCUT2D eigenvalue weighted by Crippen LogP contribution is 2.21. The second-order valence-electron chi connectivity index (χ2n) is 6.76. The van der Waals surface area contributed by atoms with Crippen molar-refractivity contribution in [2.24, 2.45) is 0 Å². The molecule has 0 radical (unpaired) electrons. The van der Waals surface area contributed by atoms with Gasteiger partial charge in [0.1, 0.15) is 5.58 Å². The molecule has 1 atom stereocenters.